The zero-order valence-corrected chi connectivity index (χ0v) is 10.1. The van der Waals surface area contributed by atoms with Crippen molar-refractivity contribution in [3.05, 3.63) is 35.4 Å². The van der Waals surface area contributed by atoms with Crippen LogP contribution in [0.3, 0.4) is 0 Å². The molecule has 0 amide bonds. The number of hydrogen-bond acceptors (Lipinski definition) is 2. The summed E-state index contributed by atoms with van der Waals surface area (Å²) in [4.78, 5) is 12.8. The Morgan fingerprint density at radius 1 is 1.21 bits per heavy atom. The van der Waals surface area contributed by atoms with Crippen LogP contribution in [0.1, 0.15) is 16.8 Å². The lowest BCUT2D eigenvalue weighted by Crippen LogP contribution is -2.29. The average molecular weight is 281 g/mol. The van der Waals surface area contributed by atoms with Crippen LogP contribution in [0, 0.1) is 11.6 Å². The smallest absolute Gasteiger partial charge is 0.299 e. The second-order valence-corrected chi connectivity index (χ2v) is 4.16. The molecule has 0 bridgehead atoms. The van der Waals surface area contributed by atoms with E-state index in [0.717, 1.165) is 18.2 Å². The number of carbonyl (C=O) groups excluding carboxylic acids is 1. The lowest BCUT2D eigenvalue weighted by atomic mass is 10.1. The maximum Gasteiger partial charge on any atom is 0.390 e. The van der Waals surface area contributed by atoms with Gasteiger partial charge in [0.25, 0.3) is 0 Å². The normalized spacial score (nSPS) is 11.9. The largest absolute Gasteiger partial charge is 0.390 e. The van der Waals surface area contributed by atoms with Gasteiger partial charge in [-0.25, -0.2) is 8.78 Å². The van der Waals surface area contributed by atoms with Crippen molar-refractivity contribution >= 4 is 5.78 Å². The Balaban J connectivity index is 2.57. The number of halogens is 5. The second-order valence-electron chi connectivity index (χ2n) is 4.16. The van der Waals surface area contributed by atoms with E-state index in [-0.39, 0.29) is 18.7 Å². The Morgan fingerprint density at radius 3 is 2.37 bits per heavy atom. The van der Waals surface area contributed by atoms with Gasteiger partial charge >= 0.3 is 6.18 Å². The molecule has 1 aromatic carbocycles. The van der Waals surface area contributed by atoms with Gasteiger partial charge in [0, 0.05) is 12.1 Å². The number of alkyl halides is 3. The Kier molecular flexibility index (Phi) is 4.99. The number of nitrogens with zero attached hydrogens (tertiary/aromatic N) is 1. The van der Waals surface area contributed by atoms with Crippen molar-refractivity contribution in [2.75, 3.05) is 20.1 Å². The number of carbonyl (C=O) groups is 1. The van der Waals surface area contributed by atoms with Crippen LogP contribution in [0.25, 0.3) is 0 Å². The van der Waals surface area contributed by atoms with Crippen LogP contribution in [-0.2, 0) is 0 Å². The van der Waals surface area contributed by atoms with Gasteiger partial charge in [0.15, 0.2) is 17.4 Å². The SMILES string of the molecule is CN(CCC(F)(F)F)CC(=O)c1ccc(F)c(F)c1. The Bertz CT molecular complexity index is 458. The van der Waals surface area contributed by atoms with Gasteiger partial charge in [-0.2, -0.15) is 13.2 Å². The van der Waals surface area contributed by atoms with Crippen LogP contribution in [0.2, 0.25) is 0 Å². The highest BCUT2D eigenvalue weighted by molar-refractivity contribution is 5.97. The van der Waals surface area contributed by atoms with Gasteiger partial charge in [0.05, 0.1) is 13.0 Å². The molecule has 0 aliphatic heterocycles. The zero-order valence-electron chi connectivity index (χ0n) is 10.1. The molecule has 0 fully saturated rings. The van der Waals surface area contributed by atoms with Crippen molar-refractivity contribution in [1.29, 1.82) is 0 Å². The molecule has 1 rings (SSSR count). The highest BCUT2D eigenvalue weighted by Crippen LogP contribution is 2.19. The number of rotatable bonds is 5. The van der Waals surface area contributed by atoms with Crippen LogP contribution in [0.4, 0.5) is 22.0 Å². The molecule has 19 heavy (non-hydrogen) atoms. The van der Waals surface area contributed by atoms with Gasteiger partial charge in [0.2, 0.25) is 0 Å². The van der Waals surface area contributed by atoms with E-state index < -0.39 is 30.0 Å². The summed E-state index contributed by atoms with van der Waals surface area (Å²) in [5.41, 5.74) is -0.0715. The number of hydrogen-bond donors (Lipinski definition) is 0. The highest BCUT2D eigenvalue weighted by Gasteiger charge is 2.27. The molecule has 7 heteroatoms. The fourth-order valence-corrected chi connectivity index (χ4v) is 1.40. The van der Waals surface area contributed by atoms with Crippen molar-refractivity contribution < 1.29 is 26.7 Å². The molecule has 0 aliphatic rings. The number of ketones is 1. The van der Waals surface area contributed by atoms with Gasteiger partial charge in [0.1, 0.15) is 0 Å². The number of likely N-dealkylation sites (N-methyl/N-ethyl adjacent to an activating group) is 1. The molecule has 0 aliphatic carbocycles. The molecular formula is C12H12F5NO. The molecule has 0 N–H and O–H groups in total. The lowest BCUT2D eigenvalue weighted by molar-refractivity contribution is -0.137. The van der Waals surface area contributed by atoms with E-state index >= 15 is 0 Å². The Hall–Kier alpha value is -1.50. The monoisotopic (exact) mass is 281 g/mol. The van der Waals surface area contributed by atoms with E-state index in [2.05, 4.69) is 0 Å². The predicted octanol–water partition coefficient (Wildman–Crippen LogP) is 3.03. The van der Waals surface area contributed by atoms with E-state index in [0.29, 0.717) is 0 Å². The van der Waals surface area contributed by atoms with Crippen molar-refractivity contribution in [2.24, 2.45) is 0 Å². The van der Waals surface area contributed by atoms with E-state index in [1.54, 1.807) is 0 Å². The van der Waals surface area contributed by atoms with Gasteiger partial charge in [-0.1, -0.05) is 0 Å². The molecule has 0 saturated carbocycles. The minimum absolute atomic E-state index is 0.0715. The average Bonchev–Trinajstić information content (AvgIpc) is 2.29. The minimum Gasteiger partial charge on any atom is -0.299 e. The molecule has 1 aromatic rings. The Morgan fingerprint density at radius 2 is 1.84 bits per heavy atom. The summed E-state index contributed by atoms with van der Waals surface area (Å²) in [7, 11) is 1.35. The molecule has 0 saturated heterocycles. The molecule has 0 aromatic heterocycles. The van der Waals surface area contributed by atoms with Crippen molar-refractivity contribution in [3.63, 3.8) is 0 Å². The zero-order chi connectivity index (χ0) is 14.6. The van der Waals surface area contributed by atoms with Crippen LogP contribution < -0.4 is 0 Å². The van der Waals surface area contributed by atoms with Crippen LogP contribution in [0.5, 0.6) is 0 Å². The first-order valence-corrected chi connectivity index (χ1v) is 5.42. The van der Waals surface area contributed by atoms with Crippen LogP contribution in [-0.4, -0.2) is 37.0 Å². The number of benzene rings is 1. The fourth-order valence-electron chi connectivity index (χ4n) is 1.40. The van der Waals surface area contributed by atoms with E-state index in [1.165, 1.54) is 11.9 Å². The van der Waals surface area contributed by atoms with Crippen molar-refractivity contribution in [2.45, 2.75) is 12.6 Å². The fraction of sp³-hybridized carbons (Fsp3) is 0.417. The van der Waals surface area contributed by atoms with Gasteiger partial charge in [-0.05, 0) is 25.2 Å². The van der Waals surface area contributed by atoms with Gasteiger partial charge in [-0.15, -0.1) is 0 Å². The van der Waals surface area contributed by atoms with Crippen LogP contribution in [0.15, 0.2) is 18.2 Å². The first-order valence-electron chi connectivity index (χ1n) is 5.42. The van der Waals surface area contributed by atoms with Crippen LogP contribution >= 0.6 is 0 Å². The topological polar surface area (TPSA) is 20.3 Å². The summed E-state index contributed by atoms with van der Waals surface area (Å²) in [5.74, 6) is -2.81. The molecule has 106 valence electrons. The van der Waals surface area contributed by atoms with E-state index in [9.17, 15) is 26.7 Å². The standard InChI is InChI=1S/C12H12F5NO/c1-18(5-4-12(15,16)17)7-11(19)8-2-3-9(13)10(14)6-8/h2-3,6H,4-5,7H2,1H3. The maximum atomic E-state index is 12.9. The lowest BCUT2D eigenvalue weighted by Gasteiger charge is -2.16. The summed E-state index contributed by atoms with van der Waals surface area (Å²) in [5, 5.41) is 0. The molecule has 0 atom stereocenters. The minimum atomic E-state index is -4.29. The predicted molar refractivity (Wildman–Crippen MR) is 58.9 cm³/mol. The third-order valence-corrected chi connectivity index (χ3v) is 2.43. The third-order valence-electron chi connectivity index (χ3n) is 2.43. The summed E-state index contributed by atoms with van der Waals surface area (Å²) < 4.78 is 61.5. The van der Waals surface area contributed by atoms with E-state index in [4.69, 9.17) is 0 Å². The summed E-state index contributed by atoms with van der Waals surface area (Å²) in [6.45, 7) is -0.625. The molecule has 2 nitrogen and oxygen atoms in total. The summed E-state index contributed by atoms with van der Waals surface area (Å²) >= 11 is 0. The molecule has 0 spiro atoms. The molecule has 0 unspecified atom stereocenters. The summed E-state index contributed by atoms with van der Waals surface area (Å²) in [6, 6.07) is 2.63. The quantitative estimate of drug-likeness (QED) is 0.611. The van der Waals surface area contributed by atoms with Crippen molar-refractivity contribution in [3.8, 4) is 0 Å². The highest BCUT2D eigenvalue weighted by atomic mass is 19.4. The van der Waals surface area contributed by atoms with Crippen molar-refractivity contribution in [1.82, 2.24) is 4.90 Å². The second kappa shape index (κ2) is 6.10. The maximum absolute atomic E-state index is 12.9. The van der Waals surface area contributed by atoms with Gasteiger partial charge < -0.3 is 0 Å². The first-order chi connectivity index (χ1) is 8.69. The number of Topliss-reactive ketones (excluding diaryl/α,β-unsaturated/α-hetero) is 1. The van der Waals surface area contributed by atoms with Gasteiger partial charge in [-0.3, -0.25) is 9.69 Å². The summed E-state index contributed by atoms with van der Waals surface area (Å²) in [6.07, 6.45) is -5.33. The Labute approximate surface area is 106 Å². The van der Waals surface area contributed by atoms with E-state index in [1.807, 2.05) is 0 Å². The molecular weight excluding hydrogens is 269 g/mol. The molecule has 0 radical (unpaired) electrons. The first kappa shape index (κ1) is 15.6. The third kappa shape index (κ3) is 5.34. The molecule has 0 heterocycles.